The molecule has 1 saturated carbocycles. The Balaban J connectivity index is 2.00. The lowest BCUT2D eigenvalue weighted by Crippen LogP contribution is -2.32. The molecule has 1 aliphatic rings. The fourth-order valence-electron chi connectivity index (χ4n) is 2.42. The summed E-state index contributed by atoms with van der Waals surface area (Å²) in [5, 5.41) is 2.86. The van der Waals surface area contributed by atoms with Gasteiger partial charge in [-0.15, -0.1) is 0 Å². The normalized spacial score (nSPS) is 19.2. The second-order valence-electron chi connectivity index (χ2n) is 5.37. The molecule has 104 valence electrons. The summed E-state index contributed by atoms with van der Waals surface area (Å²) in [6.07, 6.45) is 0.170. The van der Waals surface area contributed by atoms with Crippen LogP contribution in [0.5, 0.6) is 0 Å². The Kier molecular flexibility index (Phi) is 3.88. The van der Waals surface area contributed by atoms with Crippen LogP contribution in [0.1, 0.15) is 36.8 Å². The molecule has 1 amide bonds. The van der Waals surface area contributed by atoms with Crippen molar-refractivity contribution in [2.24, 2.45) is 5.92 Å². The summed E-state index contributed by atoms with van der Waals surface area (Å²) in [7, 11) is 0. The molecule has 19 heavy (non-hydrogen) atoms. The number of alkyl halides is 2. The monoisotopic (exact) mass is 267 g/mol. The molecule has 0 aliphatic heterocycles. The van der Waals surface area contributed by atoms with Gasteiger partial charge in [0.05, 0.1) is 0 Å². The Morgan fingerprint density at radius 1 is 1.26 bits per heavy atom. The minimum absolute atomic E-state index is 0.135. The van der Waals surface area contributed by atoms with Gasteiger partial charge in [-0.2, -0.15) is 0 Å². The molecule has 0 unspecified atom stereocenters. The molecule has 0 bridgehead atoms. The van der Waals surface area contributed by atoms with Crippen LogP contribution in [0.15, 0.2) is 18.2 Å². The Bertz CT molecular complexity index is 475. The molecule has 4 heteroatoms. The molecule has 0 atom stereocenters. The summed E-state index contributed by atoms with van der Waals surface area (Å²) in [6, 6.07) is 5.71. The van der Waals surface area contributed by atoms with Crippen LogP contribution >= 0.6 is 0 Å². The van der Waals surface area contributed by atoms with Crippen molar-refractivity contribution in [3.63, 3.8) is 0 Å². The number of aryl methyl sites for hydroxylation is 1. The molecule has 0 heterocycles. The van der Waals surface area contributed by atoms with E-state index in [9.17, 15) is 13.6 Å². The van der Waals surface area contributed by atoms with Gasteiger partial charge in [0.25, 0.3) is 0 Å². The number of hydrogen-bond acceptors (Lipinski definition) is 1. The van der Waals surface area contributed by atoms with Gasteiger partial charge in [-0.25, -0.2) is 8.78 Å². The highest BCUT2D eigenvalue weighted by Crippen LogP contribution is 2.36. The molecule has 2 nitrogen and oxygen atoms in total. The van der Waals surface area contributed by atoms with Crippen molar-refractivity contribution in [3.05, 3.63) is 29.3 Å². The van der Waals surface area contributed by atoms with Gasteiger partial charge in [0, 0.05) is 24.4 Å². The molecule has 1 aromatic rings. The molecular weight excluding hydrogens is 248 g/mol. The van der Waals surface area contributed by atoms with Crippen LogP contribution in [-0.2, 0) is 4.79 Å². The van der Waals surface area contributed by atoms with E-state index in [0.717, 1.165) is 16.8 Å². The van der Waals surface area contributed by atoms with Crippen molar-refractivity contribution in [1.82, 2.24) is 0 Å². The first kappa shape index (κ1) is 14.0. The summed E-state index contributed by atoms with van der Waals surface area (Å²) in [6.45, 7) is 3.92. The van der Waals surface area contributed by atoms with Crippen LogP contribution in [0.4, 0.5) is 14.5 Å². The second kappa shape index (κ2) is 5.27. The molecule has 2 rings (SSSR count). The maximum Gasteiger partial charge on any atom is 0.248 e. The van der Waals surface area contributed by atoms with E-state index in [0.29, 0.717) is 0 Å². The second-order valence-corrected chi connectivity index (χ2v) is 5.37. The zero-order valence-corrected chi connectivity index (χ0v) is 11.3. The molecule has 1 fully saturated rings. The maximum absolute atomic E-state index is 13.1. The predicted molar refractivity (Wildman–Crippen MR) is 71.5 cm³/mol. The lowest BCUT2D eigenvalue weighted by Gasteiger charge is -2.27. The third-order valence-corrected chi connectivity index (χ3v) is 3.95. The van der Waals surface area contributed by atoms with Crippen molar-refractivity contribution in [2.75, 3.05) is 5.32 Å². The van der Waals surface area contributed by atoms with Gasteiger partial charge in [-0.1, -0.05) is 12.1 Å². The standard InChI is InChI=1S/C15H19F2NO/c1-10-4-3-5-13(11(10)2)18-14(19)12-6-8-15(16,17)9-7-12/h3-5,12H,6-9H2,1-2H3,(H,18,19). The van der Waals surface area contributed by atoms with Gasteiger partial charge in [-0.3, -0.25) is 4.79 Å². The van der Waals surface area contributed by atoms with E-state index in [1.54, 1.807) is 0 Å². The summed E-state index contributed by atoms with van der Waals surface area (Å²) in [4.78, 5) is 12.1. The minimum Gasteiger partial charge on any atom is -0.326 e. The van der Waals surface area contributed by atoms with E-state index in [2.05, 4.69) is 5.32 Å². The van der Waals surface area contributed by atoms with E-state index in [-0.39, 0.29) is 37.5 Å². The Morgan fingerprint density at radius 3 is 2.53 bits per heavy atom. The third kappa shape index (κ3) is 3.31. The van der Waals surface area contributed by atoms with Crippen molar-refractivity contribution in [2.45, 2.75) is 45.5 Å². The number of carbonyl (C=O) groups excluding carboxylic acids is 1. The van der Waals surface area contributed by atoms with Gasteiger partial charge >= 0.3 is 0 Å². The summed E-state index contributed by atoms with van der Waals surface area (Å²) >= 11 is 0. The number of nitrogens with one attached hydrogen (secondary N) is 1. The molecular formula is C15H19F2NO. The van der Waals surface area contributed by atoms with Crippen LogP contribution in [0, 0.1) is 19.8 Å². The highest BCUT2D eigenvalue weighted by Gasteiger charge is 2.37. The minimum atomic E-state index is -2.59. The maximum atomic E-state index is 13.1. The van der Waals surface area contributed by atoms with Crippen molar-refractivity contribution < 1.29 is 13.6 Å². The Morgan fingerprint density at radius 2 is 1.89 bits per heavy atom. The zero-order chi connectivity index (χ0) is 14.0. The largest absolute Gasteiger partial charge is 0.326 e. The highest BCUT2D eigenvalue weighted by atomic mass is 19.3. The lowest BCUT2D eigenvalue weighted by molar-refractivity contribution is -0.124. The number of halogens is 2. The first-order valence-corrected chi connectivity index (χ1v) is 6.64. The van der Waals surface area contributed by atoms with Crippen LogP contribution in [0.25, 0.3) is 0 Å². The molecule has 0 spiro atoms. The van der Waals surface area contributed by atoms with Crippen LogP contribution < -0.4 is 5.32 Å². The topological polar surface area (TPSA) is 29.1 Å². The summed E-state index contributed by atoms with van der Waals surface area (Å²) in [5.41, 5.74) is 2.91. The Hall–Kier alpha value is -1.45. The van der Waals surface area contributed by atoms with E-state index in [1.807, 2.05) is 32.0 Å². The molecule has 1 aromatic carbocycles. The first-order chi connectivity index (χ1) is 8.89. The van der Waals surface area contributed by atoms with E-state index in [4.69, 9.17) is 0 Å². The lowest BCUT2D eigenvalue weighted by atomic mass is 9.86. The quantitative estimate of drug-likeness (QED) is 0.860. The van der Waals surface area contributed by atoms with Crippen molar-refractivity contribution >= 4 is 11.6 Å². The molecule has 1 aliphatic carbocycles. The first-order valence-electron chi connectivity index (χ1n) is 6.64. The van der Waals surface area contributed by atoms with Gasteiger partial charge in [0.15, 0.2) is 0 Å². The number of carbonyl (C=O) groups is 1. The molecule has 0 saturated heterocycles. The SMILES string of the molecule is Cc1cccc(NC(=O)C2CCC(F)(F)CC2)c1C. The van der Waals surface area contributed by atoms with Crippen molar-refractivity contribution in [3.8, 4) is 0 Å². The number of hydrogen-bond donors (Lipinski definition) is 1. The van der Waals surface area contributed by atoms with E-state index < -0.39 is 5.92 Å². The van der Waals surface area contributed by atoms with Crippen molar-refractivity contribution in [1.29, 1.82) is 0 Å². The van der Waals surface area contributed by atoms with Gasteiger partial charge in [0.1, 0.15) is 0 Å². The van der Waals surface area contributed by atoms with Crippen LogP contribution in [-0.4, -0.2) is 11.8 Å². The van der Waals surface area contributed by atoms with E-state index in [1.165, 1.54) is 0 Å². The average molecular weight is 267 g/mol. The number of rotatable bonds is 2. The third-order valence-electron chi connectivity index (χ3n) is 3.95. The van der Waals surface area contributed by atoms with Gasteiger partial charge in [-0.05, 0) is 43.9 Å². The van der Waals surface area contributed by atoms with Crippen LogP contribution in [0.2, 0.25) is 0 Å². The van der Waals surface area contributed by atoms with Gasteiger partial charge < -0.3 is 5.32 Å². The Labute approximate surface area is 112 Å². The summed E-state index contributed by atoms with van der Waals surface area (Å²) < 4.78 is 26.1. The fraction of sp³-hybridized carbons (Fsp3) is 0.533. The number of anilines is 1. The average Bonchev–Trinajstić information content (AvgIpc) is 2.35. The number of benzene rings is 1. The molecule has 1 N–H and O–H groups in total. The molecule has 0 radical (unpaired) electrons. The number of amides is 1. The smallest absolute Gasteiger partial charge is 0.248 e. The van der Waals surface area contributed by atoms with Gasteiger partial charge in [0.2, 0.25) is 11.8 Å². The summed E-state index contributed by atoms with van der Waals surface area (Å²) in [5.74, 6) is -3.01. The van der Waals surface area contributed by atoms with Crippen LogP contribution in [0.3, 0.4) is 0 Å². The fourth-order valence-corrected chi connectivity index (χ4v) is 2.42. The highest BCUT2D eigenvalue weighted by molar-refractivity contribution is 5.93. The van der Waals surface area contributed by atoms with E-state index >= 15 is 0 Å². The molecule has 0 aromatic heterocycles. The zero-order valence-electron chi connectivity index (χ0n) is 11.3. The predicted octanol–water partition coefficient (Wildman–Crippen LogP) is 4.07.